The number of amides is 1. The molecule has 1 heterocycles. The minimum Gasteiger partial charge on any atom is -0.447 e. The quantitative estimate of drug-likeness (QED) is 0.142. The van der Waals surface area contributed by atoms with Gasteiger partial charge in [0.15, 0.2) is 0 Å². The van der Waals surface area contributed by atoms with Gasteiger partial charge in [0.05, 0.1) is 31.4 Å². The fourth-order valence-electron chi connectivity index (χ4n) is 4.65. The predicted octanol–water partition coefficient (Wildman–Crippen LogP) is 8.52. The lowest BCUT2D eigenvalue weighted by atomic mass is 9.99. The standard InChI is InChI=1S/C32H31F7N2O4/c33-25-3-1-4-26(34)29(25)28-14-13-27(41-28)23-7-5-21(6-8-23)22-9-11-24(12-10-22)40-30(42)45-20-19-44-18-17-43-16-2-15-31(35,36)32(37,38)39/h1,3-12,27H,2,13-20H2,(H,40,42). The number of rotatable bonds is 14. The number of benzene rings is 3. The average Bonchev–Trinajstić information content (AvgIpc) is 3.48. The van der Waals surface area contributed by atoms with Gasteiger partial charge < -0.3 is 14.2 Å². The number of hydrogen-bond donors (Lipinski definition) is 1. The molecule has 0 aromatic heterocycles. The van der Waals surface area contributed by atoms with E-state index in [1.165, 1.54) is 18.2 Å². The first-order valence-electron chi connectivity index (χ1n) is 14.2. The van der Waals surface area contributed by atoms with E-state index < -0.39 is 42.7 Å². The maximum atomic E-state index is 14.2. The molecule has 0 spiro atoms. The summed E-state index contributed by atoms with van der Waals surface area (Å²) in [5, 5.41) is 2.59. The lowest BCUT2D eigenvalue weighted by Gasteiger charge is -2.19. The number of carbonyl (C=O) groups excluding carboxylic acids is 1. The van der Waals surface area contributed by atoms with E-state index in [0.717, 1.165) is 16.7 Å². The minimum absolute atomic E-state index is 0.00891. The fraction of sp³-hybridized carbons (Fsp3) is 0.375. The molecule has 3 aromatic carbocycles. The summed E-state index contributed by atoms with van der Waals surface area (Å²) in [4.78, 5) is 16.6. The summed E-state index contributed by atoms with van der Waals surface area (Å²) in [7, 11) is 0. The highest BCUT2D eigenvalue weighted by Gasteiger charge is 2.56. The minimum atomic E-state index is -5.57. The Balaban J connectivity index is 1.13. The van der Waals surface area contributed by atoms with Crippen molar-refractivity contribution in [3.05, 3.63) is 89.5 Å². The highest BCUT2D eigenvalue weighted by Crippen LogP contribution is 2.38. The zero-order valence-corrected chi connectivity index (χ0v) is 24.0. The molecule has 45 heavy (non-hydrogen) atoms. The summed E-state index contributed by atoms with van der Waals surface area (Å²) in [6.45, 7) is -0.270. The number of nitrogens with one attached hydrogen (secondary N) is 1. The van der Waals surface area contributed by atoms with Crippen LogP contribution in [0, 0.1) is 11.6 Å². The zero-order valence-electron chi connectivity index (χ0n) is 24.0. The third-order valence-electron chi connectivity index (χ3n) is 7.00. The van der Waals surface area contributed by atoms with Crippen LogP contribution < -0.4 is 5.32 Å². The molecule has 0 bridgehead atoms. The number of aliphatic imine (C=N–C) groups is 1. The second-order valence-electron chi connectivity index (χ2n) is 10.2. The Morgan fingerprint density at radius 2 is 1.38 bits per heavy atom. The molecule has 0 saturated carbocycles. The molecule has 6 nitrogen and oxygen atoms in total. The average molecular weight is 641 g/mol. The van der Waals surface area contributed by atoms with Crippen LogP contribution >= 0.6 is 0 Å². The van der Waals surface area contributed by atoms with Crippen LogP contribution in [-0.4, -0.2) is 56.9 Å². The van der Waals surface area contributed by atoms with Gasteiger partial charge in [-0.3, -0.25) is 10.3 Å². The van der Waals surface area contributed by atoms with Crippen LogP contribution in [0.5, 0.6) is 0 Å². The Hall–Kier alpha value is -3.97. The van der Waals surface area contributed by atoms with Crippen molar-refractivity contribution in [3.63, 3.8) is 0 Å². The van der Waals surface area contributed by atoms with Crippen molar-refractivity contribution in [2.24, 2.45) is 4.99 Å². The SMILES string of the molecule is O=C(Nc1ccc(-c2ccc(C3CCC(c4c(F)cccc4F)=N3)cc2)cc1)OCCOCCOCCCC(F)(F)C(F)(F)F. The molecule has 0 saturated heterocycles. The van der Waals surface area contributed by atoms with Gasteiger partial charge in [0.1, 0.15) is 18.2 Å². The number of carbonyl (C=O) groups is 1. The van der Waals surface area contributed by atoms with Crippen molar-refractivity contribution in [1.29, 1.82) is 0 Å². The van der Waals surface area contributed by atoms with Crippen LogP contribution in [0.1, 0.15) is 42.9 Å². The lowest BCUT2D eigenvalue weighted by Crippen LogP contribution is -2.36. The van der Waals surface area contributed by atoms with Gasteiger partial charge in [-0.1, -0.05) is 42.5 Å². The van der Waals surface area contributed by atoms with Gasteiger partial charge in [-0.15, -0.1) is 0 Å². The first-order valence-corrected chi connectivity index (χ1v) is 14.2. The topological polar surface area (TPSA) is 69.2 Å². The second-order valence-corrected chi connectivity index (χ2v) is 10.2. The molecule has 1 N–H and O–H groups in total. The maximum absolute atomic E-state index is 14.2. The van der Waals surface area contributed by atoms with Crippen molar-refractivity contribution >= 4 is 17.5 Å². The van der Waals surface area contributed by atoms with E-state index in [1.807, 2.05) is 36.4 Å². The van der Waals surface area contributed by atoms with Crippen molar-refractivity contribution in [1.82, 2.24) is 0 Å². The molecule has 0 fully saturated rings. The summed E-state index contributed by atoms with van der Waals surface area (Å²) in [5.74, 6) is -5.98. The Bertz CT molecular complexity index is 1430. The summed E-state index contributed by atoms with van der Waals surface area (Å²) >= 11 is 0. The number of alkyl halides is 5. The number of ether oxygens (including phenoxy) is 3. The highest BCUT2D eigenvalue weighted by atomic mass is 19.4. The molecule has 0 radical (unpaired) electrons. The third-order valence-corrected chi connectivity index (χ3v) is 7.00. The van der Waals surface area contributed by atoms with E-state index in [9.17, 15) is 35.5 Å². The van der Waals surface area contributed by atoms with Crippen molar-refractivity contribution in [3.8, 4) is 11.1 Å². The summed E-state index contributed by atoms with van der Waals surface area (Å²) < 4.78 is 105. The van der Waals surface area contributed by atoms with Gasteiger partial charge in [0.25, 0.3) is 0 Å². The van der Waals surface area contributed by atoms with E-state index in [0.29, 0.717) is 24.2 Å². The van der Waals surface area contributed by atoms with Crippen LogP contribution in [0.15, 0.2) is 71.7 Å². The fourth-order valence-corrected chi connectivity index (χ4v) is 4.65. The molecule has 4 rings (SSSR count). The molecular weight excluding hydrogens is 609 g/mol. The summed E-state index contributed by atoms with van der Waals surface area (Å²) in [5.41, 5.74) is 3.62. The van der Waals surface area contributed by atoms with Gasteiger partial charge in [-0.2, -0.15) is 22.0 Å². The zero-order chi connectivity index (χ0) is 32.5. The van der Waals surface area contributed by atoms with Crippen LogP contribution in [-0.2, 0) is 14.2 Å². The molecule has 13 heteroatoms. The third kappa shape index (κ3) is 9.51. The van der Waals surface area contributed by atoms with Gasteiger partial charge >= 0.3 is 18.2 Å². The molecular formula is C32H31F7N2O4. The van der Waals surface area contributed by atoms with E-state index in [-0.39, 0.29) is 44.6 Å². The van der Waals surface area contributed by atoms with Crippen molar-refractivity contribution < 1.29 is 49.7 Å². The largest absolute Gasteiger partial charge is 0.453 e. The van der Waals surface area contributed by atoms with Gasteiger partial charge in [0.2, 0.25) is 0 Å². The second kappa shape index (κ2) is 15.3. The van der Waals surface area contributed by atoms with Crippen LogP contribution in [0.4, 0.5) is 41.2 Å². The van der Waals surface area contributed by atoms with Crippen molar-refractivity contribution in [2.75, 3.05) is 38.4 Å². The monoisotopic (exact) mass is 640 g/mol. The first-order chi connectivity index (χ1) is 21.4. The molecule has 242 valence electrons. The molecule has 1 unspecified atom stereocenters. The number of nitrogens with zero attached hydrogens (tertiary/aromatic N) is 1. The predicted molar refractivity (Wildman–Crippen MR) is 154 cm³/mol. The normalized spacial score (nSPS) is 15.2. The van der Waals surface area contributed by atoms with Crippen LogP contribution in [0.2, 0.25) is 0 Å². The maximum Gasteiger partial charge on any atom is 0.453 e. The summed E-state index contributed by atoms with van der Waals surface area (Å²) in [6, 6.07) is 18.4. The molecule has 1 atom stereocenters. The Kier molecular flexibility index (Phi) is 11.6. The molecule has 3 aromatic rings. The molecule has 1 aliphatic heterocycles. The lowest BCUT2D eigenvalue weighted by molar-refractivity contribution is -0.285. The Labute approximate surface area is 255 Å². The Morgan fingerprint density at radius 1 is 0.800 bits per heavy atom. The molecule has 1 aliphatic rings. The van der Waals surface area contributed by atoms with Gasteiger partial charge in [0, 0.05) is 24.4 Å². The molecule has 1 amide bonds. The highest BCUT2D eigenvalue weighted by molar-refractivity contribution is 6.02. The first kappa shape index (κ1) is 33.9. The van der Waals surface area contributed by atoms with Crippen molar-refractivity contribution in [2.45, 2.75) is 43.8 Å². The van der Waals surface area contributed by atoms with Gasteiger partial charge in [-0.25, -0.2) is 13.6 Å². The van der Waals surface area contributed by atoms with E-state index in [2.05, 4.69) is 10.3 Å². The van der Waals surface area contributed by atoms with E-state index in [1.54, 1.807) is 12.1 Å². The number of anilines is 1. The summed E-state index contributed by atoms with van der Waals surface area (Å²) in [6.07, 6.45) is -6.94. The number of hydrogen-bond acceptors (Lipinski definition) is 5. The van der Waals surface area contributed by atoms with Crippen LogP contribution in [0.25, 0.3) is 11.1 Å². The Morgan fingerprint density at radius 3 is 2.00 bits per heavy atom. The molecule has 0 aliphatic carbocycles. The van der Waals surface area contributed by atoms with E-state index in [4.69, 9.17) is 14.2 Å². The smallest absolute Gasteiger partial charge is 0.447 e. The van der Waals surface area contributed by atoms with Crippen LogP contribution in [0.3, 0.4) is 0 Å². The van der Waals surface area contributed by atoms with Gasteiger partial charge in [-0.05, 0) is 60.2 Å². The number of halogens is 7. The van der Waals surface area contributed by atoms with E-state index >= 15 is 0 Å².